The molecular formula is C14H18N2O6S. The molecule has 126 valence electrons. The molecule has 2 aromatic heterocycles. The van der Waals surface area contributed by atoms with E-state index in [9.17, 15) is 13.2 Å². The van der Waals surface area contributed by atoms with Gasteiger partial charge < -0.3 is 14.0 Å². The zero-order valence-corrected chi connectivity index (χ0v) is 14.0. The van der Waals surface area contributed by atoms with Crippen molar-refractivity contribution in [2.24, 2.45) is 0 Å². The highest BCUT2D eigenvalue weighted by Gasteiger charge is 2.29. The van der Waals surface area contributed by atoms with Crippen LogP contribution in [0.1, 0.15) is 52.7 Å². The topological polar surface area (TPSA) is 123 Å². The number of furan rings is 1. The summed E-state index contributed by atoms with van der Waals surface area (Å²) in [4.78, 5) is 10.7. The molecule has 0 aliphatic rings. The summed E-state index contributed by atoms with van der Waals surface area (Å²) >= 11 is 0. The summed E-state index contributed by atoms with van der Waals surface area (Å²) in [6, 6.07) is 0.467. The van der Waals surface area contributed by atoms with Gasteiger partial charge in [-0.15, -0.1) is 0 Å². The summed E-state index contributed by atoms with van der Waals surface area (Å²) in [5, 5.41) is 12.7. The van der Waals surface area contributed by atoms with Crippen molar-refractivity contribution in [1.29, 1.82) is 0 Å². The van der Waals surface area contributed by atoms with Gasteiger partial charge in [-0.1, -0.05) is 12.1 Å². The van der Waals surface area contributed by atoms with Crippen molar-refractivity contribution < 1.29 is 27.3 Å². The normalized spacial score (nSPS) is 13.2. The minimum absolute atomic E-state index is 0.0171. The van der Waals surface area contributed by atoms with Crippen LogP contribution in [-0.2, 0) is 10.0 Å². The zero-order chi connectivity index (χ0) is 17.4. The summed E-state index contributed by atoms with van der Waals surface area (Å²) in [5.74, 6) is -1.20. The number of sulfonamides is 1. The molecule has 1 unspecified atom stereocenters. The van der Waals surface area contributed by atoms with E-state index in [4.69, 9.17) is 14.0 Å². The molecule has 0 aliphatic heterocycles. The highest BCUT2D eigenvalue weighted by atomic mass is 32.2. The fraction of sp³-hybridized carbons (Fsp3) is 0.429. The molecule has 8 nitrogen and oxygen atoms in total. The molecule has 0 amide bonds. The van der Waals surface area contributed by atoms with E-state index >= 15 is 0 Å². The van der Waals surface area contributed by atoms with Crippen molar-refractivity contribution in [3.8, 4) is 0 Å². The van der Waals surface area contributed by atoms with E-state index in [0.717, 1.165) is 6.07 Å². The van der Waals surface area contributed by atoms with Crippen LogP contribution in [0.15, 0.2) is 19.9 Å². The minimum Gasteiger partial charge on any atom is -0.475 e. The number of rotatable bonds is 6. The Hall–Kier alpha value is -2.13. The van der Waals surface area contributed by atoms with Gasteiger partial charge in [-0.05, 0) is 27.2 Å². The van der Waals surface area contributed by atoms with Gasteiger partial charge in [0.25, 0.3) is 0 Å². The van der Waals surface area contributed by atoms with E-state index in [-0.39, 0.29) is 10.7 Å². The van der Waals surface area contributed by atoms with Gasteiger partial charge in [0, 0.05) is 11.6 Å². The Morgan fingerprint density at radius 2 is 2.00 bits per heavy atom. The Kier molecular flexibility index (Phi) is 4.62. The summed E-state index contributed by atoms with van der Waals surface area (Å²) in [6.45, 7) is 6.66. The molecule has 23 heavy (non-hydrogen) atoms. The molecule has 0 aromatic carbocycles. The first kappa shape index (κ1) is 17.2. The lowest BCUT2D eigenvalue weighted by Gasteiger charge is -2.16. The van der Waals surface area contributed by atoms with Crippen LogP contribution in [0, 0.1) is 20.8 Å². The first-order valence-electron chi connectivity index (χ1n) is 6.96. The summed E-state index contributed by atoms with van der Waals surface area (Å²) < 4.78 is 37.7. The zero-order valence-electron chi connectivity index (χ0n) is 13.2. The molecule has 0 saturated carbocycles. The lowest BCUT2D eigenvalue weighted by Crippen LogP contribution is -2.29. The maximum Gasteiger partial charge on any atom is 0.371 e. The van der Waals surface area contributed by atoms with Crippen LogP contribution in [-0.4, -0.2) is 24.7 Å². The largest absolute Gasteiger partial charge is 0.475 e. The molecule has 0 fully saturated rings. The molecule has 2 aromatic rings. The molecule has 0 saturated heterocycles. The number of hydrogen-bond acceptors (Lipinski definition) is 6. The van der Waals surface area contributed by atoms with Gasteiger partial charge in [0.1, 0.15) is 16.4 Å². The Labute approximate surface area is 133 Å². The fourth-order valence-corrected chi connectivity index (χ4v) is 3.89. The summed E-state index contributed by atoms with van der Waals surface area (Å²) in [5.41, 5.74) is 1.28. The number of aromatic nitrogens is 1. The molecule has 2 rings (SSSR count). The van der Waals surface area contributed by atoms with Gasteiger partial charge in [-0.2, -0.15) is 0 Å². The number of hydrogen-bond donors (Lipinski definition) is 2. The predicted octanol–water partition coefficient (Wildman–Crippen LogP) is 2.32. The Morgan fingerprint density at radius 3 is 2.43 bits per heavy atom. The summed E-state index contributed by atoms with van der Waals surface area (Å²) in [7, 11) is -3.95. The number of carbonyl (C=O) groups is 1. The van der Waals surface area contributed by atoms with Crippen LogP contribution in [0.2, 0.25) is 0 Å². The SMILES string of the molecule is CCC(NS(=O)(=O)c1cc(C(=O)O)oc1C)c1c(C)noc1C. The second-order valence-corrected chi connectivity index (χ2v) is 6.84. The maximum atomic E-state index is 12.6. The van der Waals surface area contributed by atoms with Crippen molar-refractivity contribution >= 4 is 16.0 Å². The van der Waals surface area contributed by atoms with E-state index in [1.165, 1.54) is 6.92 Å². The molecule has 9 heteroatoms. The van der Waals surface area contributed by atoms with E-state index in [2.05, 4.69) is 9.88 Å². The van der Waals surface area contributed by atoms with Crippen LogP contribution < -0.4 is 4.72 Å². The number of carboxylic acid groups (broad SMARTS) is 1. The first-order valence-corrected chi connectivity index (χ1v) is 8.44. The first-order chi connectivity index (χ1) is 10.7. The van der Waals surface area contributed by atoms with Gasteiger partial charge in [-0.3, -0.25) is 0 Å². The summed E-state index contributed by atoms with van der Waals surface area (Å²) in [6.07, 6.45) is 0.477. The second-order valence-electron chi connectivity index (χ2n) is 5.16. The molecule has 2 N–H and O–H groups in total. The van der Waals surface area contributed by atoms with E-state index < -0.39 is 27.8 Å². The minimum atomic E-state index is -3.95. The lowest BCUT2D eigenvalue weighted by atomic mass is 10.0. The third-order valence-corrected chi connectivity index (χ3v) is 5.09. The quantitative estimate of drug-likeness (QED) is 0.825. The number of nitrogens with zero attached hydrogens (tertiary/aromatic N) is 1. The third-order valence-electron chi connectivity index (χ3n) is 3.52. The average molecular weight is 342 g/mol. The van der Waals surface area contributed by atoms with Gasteiger partial charge >= 0.3 is 5.97 Å². The molecular weight excluding hydrogens is 324 g/mol. The second kappa shape index (κ2) is 6.17. The lowest BCUT2D eigenvalue weighted by molar-refractivity contribution is 0.0661. The number of nitrogens with one attached hydrogen (secondary N) is 1. The Balaban J connectivity index is 2.39. The standard InChI is InChI=1S/C14H18N2O6S/c1-5-10(13-7(2)15-22-9(13)4)16-23(19,20)12-6-11(14(17)18)21-8(12)3/h6,10,16H,5H2,1-4H3,(H,17,18). The van der Waals surface area contributed by atoms with Crippen molar-refractivity contribution in [3.63, 3.8) is 0 Å². The fourth-order valence-electron chi connectivity index (χ4n) is 2.42. The molecule has 0 bridgehead atoms. The highest BCUT2D eigenvalue weighted by Crippen LogP contribution is 2.27. The highest BCUT2D eigenvalue weighted by molar-refractivity contribution is 7.89. The molecule has 1 atom stereocenters. The smallest absolute Gasteiger partial charge is 0.371 e. The predicted molar refractivity (Wildman–Crippen MR) is 79.7 cm³/mol. The van der Waals surface area contributed by atoms with Gasteiger partial charge in [0.05, 0.1) is 11.7 Å². The third kappa shape index (κ3) is 3.30. The molecule has 0 radical (unpaired) electrons. The van der Waals surface area contributed by atoms with Crippen LogP contribution in [0.3, 0.4) is 0 Å². The van der Waals surface area contributed by atoms with E-state index in [1.807, 2.05) is 6.92 Å². The molecule has 0 spiro atoms. The van der Waals surface area contributed by atoms with E-state index in [1.54, 1.807) is 13.8 Å². The number of aromatic carboxylic acids is 1. The van der Waals surface area contributed by atoms with Crippen molar-refractivity contribution in [2.45, 2.75) is 45.1 Å². The molecule has 0 aliphatic carbocycles. The van der Waals surface area contributed by atoms with Crippen molar-refractivity contribution in [3.05, 3.63) is 34.6 Å². The number of carboxylic acids is 1. The maximum absolute atomic E-state index is 12.6. The van der Waals surface area contributed by atoms with Crippen LogP contribution in [0.25, 0.3) is 0 Å². The van der Waals surface area contributed by atoms with Gasteiger partial charge in [0.2, 0.25) is 15.8 Å². The van der Waals surface area contributed by atoms with Gasteiger partial charge in [-0.25, -0.2) is 17.9 Å². The number of aryl methyl sites for hydroxylation is 3. The Bertz CT molecular complexity index is 814. The average Bonchev–Trinajstić information content (AvgIpc) is 3.01. The Morgan fingerprint density at radius 1 is 1.35 bits per heavy atom. The van der Waals surface area contributed by atoms with Crippen LogP contribution in [0.5, 0.6) is 0 Å². The molecule has 2 heterocycles. The van der Waals surface area contributed by atoms with E-state index in [0.29, 0.717) is 23.4 Å². The van der Waals surface area contributed by atoms with Crippen LogP contribution >= 0.6 is 0 Å². The van der Waals surface area contributed by atoms with Gasteiger partial charge in [0.15, 0.2) is 0 Å². The van der Waals surface area contributed by atoms with Crippen molar-refractivity contribution in [1.82, 2.24) is 9.88 Å². The monoisotopic (exact) mass is 342 g/mol. The van der Waals surface area contributed by atoms with Crippen LogP contribution in [0.4, 0.5) is 0 Å². The van der Waals surface area contributed by atoms with Crippen molar-refractivity contribution in [2.75, 3.05) is 0 Å².